The number of ether oxygens (including phenoxy) is 4. The van der Waals surface area contributed by atoms with E-state index in [4.69, 9.17) is 18.9 Å². The number of methoxy groups -OCH3 is 1. The summed E-state index contributed by atoms with van der Waals surface area (Å²) in [5, 5.41) is 6.76. The normalized spacial score (nSPS) is 27.8. The molecule has 9 nitrogen and oxygen atoms in total. The van der Waals surface area contributed by atoms with Gasteiger partial charge in [-0.3, -0.25) is 9.89 Å². The number of amides is 1. The molecule has 2 saturated heterocycles. The molecular formula is C15H21N3O6. The molecule has 0 saturated carbocycles. The number of rotatable bonds is 3. The molecule has 0 bridgehead atoms. The van der Waals surface area contributed by atoms with Gasteiger partial charge >= 0.3 is 5.97 Å². The van der Waals surface area contributed by atoms with E-state index in [0.717, 1.165) is 0 Å². The molecule has 2 aliphatic heterocycles. The number of nitrogens with one attached hydrogen (secondary N) is 1. The number of nitrogens with zero attached hydrogens (tertiary/aromatic N) is 2. The molecular weight excluding hydrogens is 318 g/mol. The standard InChI is InChI=1S/C15H21N3O6/c1-15(2)23-7-6-22-12(11(7)24-15)9-8(14(20)21-5)10(17-16-9)13(19)18(3)4/h7,11-12H,6H2,1-5H3,(H,16,17). The number of hydrogen-bond acceptors (Lipinski definition) is 7. The fraction of sp³-hybridized carbons (Fsp3) is 0.667. The van der Waals surface area contributed by atoms with E-state index in [1.165, 1.54) is 12.0 Å². The van der Waals surface area contributed by atoms with Gasteiger partial charge in [-0.1, -0.05) is 0 Å². The molecule has 2 aliphatic rings. The van der Waals surface area contributed by atoms with E-state index < -0.39 is 29.9 Å². The Kier molecular flexibility index (Phi) is 4.10. The number of aromatic nitrogens is 2. The molecule has 1 amide bonds. The molecule has 2 fully saturated rings. The van der Waals surface area contributed by atoms with Crippen molar-refractivity contribution < 1.29 is 28.5 Å². The fourth-order valence-corrected chi connectivity index (χ4v) is 3.03. The molecule has 0 radical (unpaired) electrons. The minimum atomic E-state index is -0.731. The van der Waals surface area contributed by atoms with Crippen LogP contribution in [0.2, 0.25) is 0 Å². The fourth-order valence-electron chi connectivity index (χ4n) is 3.03. The first-order valence-electron chi connectivity index (χ1n) is 7.60. The Balaban J connectivity index is 1.99. The Morgan fingerprint density at radius 2 is 2.04 bits per heavy atom. The number of aromatic amines is 1. The Bertz CT molecular complexity index is 668. The monoisotopic (exact) mass is 339 g/mol. The highest BCUT2D eigenvalue weighted by atomic mass is 16.8. The molecule has 1 aromatic rings. The van der Waals surface area contributed by atoms with Crippen LogP contribution in [0, 0.1) is 0 Å². The van der Waals surface area contributed by atoms with Crippen LogP contribution in [-0.4, -0.2) is 72.8 Å². The highest BCUT2D eigenvalue weighted by molar-refractivity contribution is 6.04. The van der Waals surface area contributed by atoms with Crippen molar-refractivity contribution in [2.24, 2.45) is 0 Å². The average molecular weight is 339 g/mol. The second-order valence-corrected chi connectivity index (χ2v) is 6.44. The van der Waals surface area contributed by atoms with Crippen LogP contribution in [0.15, 0.2) is 0 Å². The molecule has 0 aliphatic carbocycles. The molecule has 0 aromatic carbocycles. The van der Waals surface area contributed by atoms with E-state index in [0.29, 0.717) is 12.3 Å². The molecule has 1 aromatic heterocycles. The van der Waals surface area contributed by atoms with Crippen molar-refractivity contribution in [3.63, 3.8) is 0 Å². The van der Waals surface area contributed by atoms with Crippen LogP contribution in [-0.2, 0) is 18.9 Å². The summed E-state index contributed by atoms with van der Waals surface area (Å²) in [6, 6.07) is 0. The van der Waals surface area contributed by atoms with Crippen molar-refractivity contribution in [2.75, 3.05) is 27.8 Å². The van der Waals surface area contributed by atoms with E-state index in [9.17, 15) is 9.59 Å². The minimum Gasteiger partial charge on any atom is -0.465 e. The maximum atomic E-state index is 12.3. The van der Waals surface area contributed by atoms with Crippen molar-refractivity contribution in [3.05, 3.63) is 17.0 Å². The Labute approximate surface area is 139 Å². The van der Waals surface area contributed by atoms with Crippen LogP contribution in [0.25, 0.3) is 0 Å². The number of fused-ring (bicyclic) bond motifs is 1. The van der Waals surface area contributed by atoms with Crippen LogP contribution in [0.5, 0.6) is 0 Å². The average Bonchev–Trinajstić information content (AvgIpc) is 3.16. The Morgan fingerprint density at radius 1 is 1.33 bits per heavy atom. The van der Waals surface area contributed by atoms with Crippen LogP contribution < -0.4 is 0 Å². The molecule has 9 heteroatoms. The molecule has 3 rings (SSSR count). The lowest BCUT2D eigenvalue weighted by Gasteiger charge is -2.21. The summed E-state index contributed by atoms with van der Waals surface area (Å²) >= 11 is 0. The van der Waals surface area contributed by atoms with Gasteiger partial charge in [0.2, 0.25) is 0 Å². The van der Waals surface area contributed by atoms with Gasteiger partial charge in [0, 0.05) is 14.1 Å². The third-order valence-electron chi connectivity index (χ3n) is 4.04. The van der Waals surface area contributed by atoms with Gasteiger partial charge in [0.25, 0.3) is 5.91 Å². The Morgan fingerprint density at radius 3 is 2.67 bits per heavy atom. The second kappa shape index (κ2) is 5.83. The van der Waals surface area contributed by atoms with Crippen molar-refractivity contribution in [2.45, 2.75) is 37.9 Å². The summed E-state index contributed by atoms with van der Waals surface area (Å²) in [4.78, 5) is 25.9. The maximum absolute atomic E-state index is 12.3. The number of esters is 1. The third-order valence-corrected chi connectivity index (χ3v) is 4.04. The van der Waals surface area contributed by atoms with Crippen molar-refractivity contribution in [1.29, 1.82) is 0 Å². The molecule has 1 N–H and O–H groups in total. The first kappa shape index (κ1) is 16.9. The molecule has 3 heterocycles. The topological polar surface area (TPSA) is 103 Å². The lowest BCUT2D eigenvalue weighted by Crippen LogP contribution is -2.27. The largest absolute Gasteiger partial charge is 0.465 e. The summed E-state index contributed by atoms with van der Waals surface area (Å²) in [6.45, 7) is 3.96. The first-order valence-corrected chi connectivity index (χ1v) is 7.60. The van der Waals surface area contributed by atoms with E-state index in [1.807, 2.05) is 13.8 Å². The van der Waals surface area contributed by atoms with Crippen molar-refractivity contribution in [1.82, 2.24) is 15.1 Å². The SMILES string of the molecule is COC(=O)c1c(C(=O)N(C)C)n[nH]c1C1OCC2OC(C)(C)OC21. The van der Waals surface area contributed by atoms with Gasteiger partial charge in [0.15, 0.2) is 11.5 Å². The number of H-pyrrole nitrogens is 1. The van der Waals surface area contributed by atoms with Gasteiger partial charge in [0.1, 0.15) is 23.9 Å². The molecule has 3 atom stereocenters. The Hall–Kier alpha value is -1.97. The number of carbonyl (C=O) groups excluding carboxylic acids is 2. The summed E-state index contributed by atoms with van der Waals surface area (Å²) in [7, 11) is 4.41. The van der Waals surface area contributed by atoms with Crippen LogP contribution in [0.4, 0.5) is 0 Å². The van der Waals surface area contributed by atoms with Crippen LogP contribution >= 0.6 is 0 Å². The molecule has 3 unspecified atom stereocenters. The number of carbonyl (C=O) groups is 2. The summed E-state index contributed by atoms with van der Waals surface area (Å²) in [6.07, 6.45) is -1.24. The molecule has 24 heavy (non-hydrogen) atoms. The summed E-state index contributed by atoms with van der Waals surface area (Å²) in [5.41, 5.74) is 0.420. The van der Waals surface area contributed by atoms with Gasteiger partial charge in [-0.2, -0.15) is 5.10 Å². The zero-order valence-corrected chi connectivity index (χ0v) is 14.3. The lowest BCUT2D eigenvalue weighted by molar-refractivity contribution is -0.176. The van der Waals surface area contributed by atoms with Gasteiger partial charge in [-0.05, 0) is 13.8 Å². The predicted octanol–water partition coefficient (Wildman–Crippen LogP) is 0.489. The lowest BCUT2D eigenvalue weighted by atomic mass is 10.0. The zero-order chi connectivity index (χ0) is 17.6. The summed E-state index contributed by atoms with van der Waals surface area (Å²) < 4.78 is 22.2. The quantitative estimate of drug-likeness (QED) is 0.799. The van der Waals surface area contributed by atoms with E-state index in [1.54, 1.807) is 14.1 Å². The number of hydrogen-bond donors (Lipinski definition) is 1. The van der Waals surface area contributed by atoms with Crippen molar-refractivity contribution in [3.8, 4) is 0 Å². The minimum absolute atomic E-state index is 0.00734. The van der Waals surface area contributed by atoms with Gasteiger partial charge in [-0.25, -0.2) is 4.79 Å². The molecule has 132 valence electrons. The first-order chi connectivity index (χ1) is 11.2. The van der Waals surface area contributed by atoms with Gasteiger partial charge in [-0.15, -0.1) is 0 Å². The highest BCUT2D eigenvalue weighted by Crippen LogP contribution is 2.42. The van der Waals surface area contributed by atoms with Gasteiger partial charge in [0.05, 0.1) is 19.4 Å². The third kappa shape index (κ3) is 2.68. The van der Waals surface area contributed by atoms with Crippen LogP contribution in [0.1, 0.15) is 46.5 Å². The maximum Gasteiger partial charge on any atom is 0.342 e. The van der Waals surface area contributed by atoms with E-state index in [-0.39, 0.29) is 17.4 Å². The van der Waals surface area contributed by atoms with Crippen LogP contribution in [0.3, 0.4) is 0 Å². The second-order valence-electron chi connectivity index (χ2n) is 6.44. The predicted molar refractivity (Wildman–Crippen MR) is 80.5 cm³/mol. The highest BCUT2D eigenvalue weighted by Gasteiger charge is 2.52. The zero-order valence-electron chi connectivity index (χ0n) is 14.3. The smallest absolute Gasteiger partial charge is 0.342 e. The van der Waals surface area contributed by atoms with E-state index >= 15 is 0 Å². The van der Waals surface area contributed by atoms with E-state index in [2.05, 4.69) is 10.2 Å². The molecule has 0 spiro atoms. The summed E-state index contributed by atoms with van der Waals surface area (Å²) in [5.74, 6) is -1.80. The van der Waals surface area contributed by atoms with Gasteiger partial charge < -0.3 is 23.8 Å². The van der Waals surface area contributed by atoms with Crippen molar-refractivity contribution >= 4 is 11.9 Å².